The van der Waals surface area contributed by atoms with E-state index in [2.05, 4.69) is 4.72 Å². The number of benzene rings is 3. The lowest BCUT2D eigenvalue weighted by molar-refractivity contribution is -0.384. The predicted octanol–water partition coefficient (Wildman–Crippen LogP) is 4.02. The van der Waals surface area contributed by atoms with Crippen molar-refractivity contribution >= 4 is 15.7 Å². The van der Waals surface area contributed by atoms with E-state index in [1.807, 2.05) is 37.3 Å². The van der Waals surface area contributed by atoms with Gasteiger partial charge in [-0.3, -0.25) is 10.1 Å². The molecule has 0 fully saturated rings. The van der Waals surface area contributed by atoms with Crippen molar-refractivity contribution in [2.75, 3.05) is 13.7 Å². The fourth-order valence-electron chi connectivity index (χ4n) is 3.19. The van der Waals surface area contributed by atoms with Crippen LogP contribution in [0.3, 0.4) is 0 Å². The summed E-state index contributed by atoms with van der Waals surface area (Å²) >= 11 is 0. The third-order valence-electron chi connectivity index (χ3n) is 4.81. The molecule has 3 aromatic carbocycles. The Morgan fingerprint density at radius 2 is 1.70 bits per heavy atom. The smallest absolute Gasteiger partial charge is 0.273 e. The van der Waals surface area contributed by atoms with Crippen LogP contribution in [0.4, 0.5) is 5.69 Å². The van der Waals surface area contributed by atoms with Gasteiger partial charge in [0.1, 0.15) is 5.75 Å². The lowest BCUT2D eigenvalue weighted by atomic mass is 9.90. The van der Waals surface area contributed by atoms with Crippen molar-refractivity contribution in [3.8, 4) is 5.75 Å². The van der Waals surface area contributed by atoms with Gasteiger partial charge in [0.15, 0.2) is 0 Å². The molecule has 1 unspecified atom stereocenters. The van der Waals surface area contributed by atoms with Gasteiger partial charge in [-0.25, -0.2) is 13.1 Å². The molecule has 0 amide bonds. The first-order valence-electron chi connectivity index (χ1n) is 9.25. The summed E-state index contributed by atoms with van der Waals surface area (Å²) < 4.78 is 33.6. The molecule has 0 saturated heterocycles. The van der Waals surface area contributed by atoms with Gasteiger partial charge in [-0.05, 0) is 30.7 Å². The third-order valence-corrected chi connectivity index (χ3v) is 6.25. The number of nitro groups is 1. The maximum atomic E-state index is 12.8. The fraction of sp³-hybridized carbons (Fsp3) is 0.182. The molecule has 7 nitrogen and oxygen atoms in total. The van der Waals surface area contributed by atoms with Gasteiger partial charge in [-0.2, -0.15) is 0 Å². The van der Waals surface area contributed by atoms with E-state index in [-0.39, 0.29) is 17.1 Å². The van der Waals surface area contributed by atoms with E-state index in [0.717, 1.165) is 11.1 Å². The molecule has 0 aliphatic rings. The van der Waals surface area contributed by atoms with Crippen molar-refractivity contribution in [1.82, 2.24) is 4.72 Å². The second-order valence-electron chi connectivity index (χ2n) is 6.81. The summed E-state index contributed by atoms with van der Waals surface area (Å²) in [5.41, 5.74) is 2.38. The zero-order valence-corrected chi connectivity index (χ0v) is 17.4. The Bertz CT molecular complexity index is 1130. The lowest BCUT2D eigenvalue weighted by Gasteiger charge is -2.21. The lowest BCUT2D eigenvalue weighted by Crippen LogP contribution is -2.29. The predicted molar refractivity (Wildman–Crippen MR) is 114 cm³/mol. The molecular formula is C22H22N2O5S. The highest BCUT2D eigenvalue weighted by Gasteiger charge is 2.23. The van der Waals surface area contributed by atoms with Gasteiger partial charge in [0.2, 0.25) is 10.0 Å². The standard InChI is InChI=1S/C22H22N2O5S/c1-16-8-11-19(12-9-16)30(27,28)23-15-21(17-6-4-3-5-7-17)20-13-10-18(24(25)26)14-22(20)29-2/h3-14,21,23H,15H2,1-2H3. The van der Waals surface area contributed by atoms with Gasteiger partial charge >= 0.3 is 0 Å². The second kappa shape index (κ2) is 9.06. The van der Waals surface area contributed by atoms with Crippen molar-refractivity contribution in [2.45, 2.75) is 17.7 Å². The number of aryl methyl sites for hydroxylation is 1. The van der Waals surface area contributed by atoms with Crippen LogP contribution < -0.4 is 9.46 Å². The number of nitrogens with zero attached hydrogens (tertiary/aromatic N) is 1. The van der Waals surface area contributed by atoms with Crippen molar-refractivity contribution in [2.24, 2.45) is 0 Å². The van der Waals surface area contributed by atoms with Crippen LogP contribution in [0, 0.1) is 17.0 Å². The molecule has 0 spiro atoms. The molecule has 0 radical (unpaired) electrons. The number of sulfonamides is 1. The average Bonchev–Trinajstić information content (AvgIpc) is 2.75. The zero-order chi connectivity index (χ0) is 21.7. The molecule has 0 heterocycles. The number of hydrogen-bond donors (Lipinski definition) is 1. The first-order chi connectivity index (χ1) is 14.3. The summed E-state index contributed by atoms with van der Waals surface area (Å²) in [5.74, 6) is -0.0743. The van der Waals surface area contributed by atoms with Gasteiger partial charge in [-0.15, -0.1) is 0 Å². The van der Waals surface area contributed by atoms with Crippen LogP contribution in [-0.4, -0.2) is 27.0 Å². The molecule has 3 rings (SSSR count). The Balaban J connectivity index is 1.97. The van der Waals surface area contributed by atoms with Crippen LogP contribution in [0.25, 0.3) is 0 Å². The van der Waals surface area contributed by atoms with E-state index in [1.165, 1.54) is 19.2 Å². The largest absolute Gasteiger partial charge is 0.496 e. The second-order valence-corrected chi connectivity index (χ2v) is 8.58. The Labute approximate surface area is 175 Å². The molecule has 0 saturated carbocycles. The summed E-state index contributed by atoms with van der Waals surface area (Å²) in [6, 6.07) is 20.3. The molecule has 156 valence electrons. The molecule has 0 aromatic heterocycles. The van der Waals surface area contributed by atoms with E-state index in [4.69, 9.17) is 4.74 Å². The van der Waals surface area contributed by atoms with Crippen LogP contribution in [-0.2, 0) is 10.0 Å². The highest BCUT2D eigenvalue weighted by Crippen LogP contribution is 2.34. The topological polar surface area (TPSA) is 98.5 Å². The van der Waals surface area contributed by atoms with Gasteiger partial charge in [0.05, 0.1) is 23.0 Å². The summed E-state index contributed by atoms with van der Waals surface area (Å²) in [5, 5.41) is 11.1. The van der Waals surface area contributed by atoms with Gasteiger partial charge in [0.25, 0.3) is 5.69 Å². The molecule has 0 aliphatic carbocycles. The molecular weight excluding hydrogens is 404 g/mol. The maximum Gasteiger partial charge on any atom is 0.273 e. The Morgan fingerprint density at radius 3 is 2.30 bits per heavy atom. The van der Waals surface area contributed by atoms with Gasteiger partial charge in [-0.1, -0.05) is 48.0 Å². The normalized spacial score (nSPS) is 12.3. The Morgan fingerprint density at radius 1 is 1.03 bits per heavy atom. The minimum Gasteiger partial charge on any atom is -0.496 e. The fourth-order valence-corrected chi connectivity index (χ4v) is 4.23. The van der Waals surface area contributed by atoms with Gasteiger partial charge < -0.3 is 4.74 Å². The van der Waals surface area contributed by atoms with Crippen LogP contribution in [0.15, 0.2) is 77.7 Å². The van der Waals surface area contributed by atoms with Crippen LogP contribution in [0.1, 0.15) is 22.6 Å². The van der Waals surface area contributed by atoms with Crippen molar-refractivity contribution in [3.05, 3.63) is 99.6 Å². The van der Waals surface area contributed by atoms with Crippen LogP contribution in [0.2, 0.25) is 0 Å². The summed E-state index contributed by atoms with van der Waals surface area (Å²) in [4.78, 5) is 10.8. The third kappa shape index (κ3) is 4.84. The van der Waals surface area contributed by atoms with Crippen molar-refractivity contribution < 1.29 is 18.1 Å². The number of ether oxygens (including phenoxy) is 1. The molecule has 8 heteroatoms. The number of non-ortho nitro benzene ring substituents is 1. The minimum absolute atomic E-state index is 0.0639. The van der Waals surface area contributed by atoms with E-state index < -0.39 is 20.9 Å². The highest BCUT2D eigenvalue weighted by molar-refractivity contribution is 7.89. The number of rotatable bonds is 8. The molecule has 0 aliphatic heterocycles. The van der Waals surface area contributed by atoms with E-state index in [9.17, 15) is 18.5 Å². The first kappa shape index (κ1) is 21.5. The Kier molecular flexibility index (Phi) is 6.49. The van der Waals surface area contributed by atoms with E-state index >= 15 is 0 Å². The zero-order valence-electron chi connectivity index (χ0n) is 16.6. The molecule has 3 aromatic rings. The summed E-state index contributed by atoms with van der Waals surface area (Å²) in [6.07, 6.45) is 0. The van der Waals surface area contributed by atoms with Gasteiger partial charge in [0, 0.05) is 24.1 Å². The van der Waals surface area contributed by atoms with Crippen LogP contribution in [0.5, 0.6) is 5.75 Å². The average molecular weight is 426 g/mol. The number of hydrogen-bond acceptors (Lipinski definition) is 5. The first-order valence-corrected chi connectivity index (χ1v) is 10.7. The molecule has 0 bridgehead atoms. The van der Waals surface area contributed by atoms with Crippen LogP contribution >= 0.6 is 0 Å². The number of nitro benzene ring substituents is 1. The number of nitrogens with one attached hydrogen (secondary N) is 1. The molecule has 1 N–H and O–H groups in total. The number of methoxy groups -OCH3 is 1. The SMILES string of the molecule is COc1cc([N+](=O)[O-])ccc1C(CNS(=O)(=O)c1ccc(C)cc1)c1ccccc1. The summed E-state index contributed by atoms with van der Waals surface area (Å²) in [6.45, 7) is 1.95. The molecule has 30 heavy (non-hydrogen) atoms. The molecule has 1 atom stereocenters. The quantitative estimate of drug-likeness (QED) is 0.433. The van der Waals surface area contributed by atoms with E-state index in [0.29, 0.717) is 11.3 Å². The van der Waals surface area contributed by atoms with Crippen molar-refractivity contribution in [1.29, 1.82) is 0 Å². The highest BCUT2D eigenvalue weighted by atomic mass is 32.2. The minimum atomic E-state index is -3.73. The van der Waals surface area contributed by atoms with Crippen molar-refractivity contribution in [3.63, 3.8) is 0 Å². The summed E-state index contributed by atoms with van der Waals surface area (Å²) in [7, 11) is -2.30. The Hall–Kier alpha value is -3.23. The maximum absolute atomic E-state index is 12.8. The monoisotopic (exact) mass is 426 g/mol. The van der Waals surface area contributed by atoms with E-state index in [1.54, 1.807) is 30.3 Å².